The van der Waals surface area contributed by atoms with E-state index in [-0.39, 0.29) is 50.8 Å². The predicted molar refractivity (Wildman–Crippen MR) is 201 cm³/mol. The van der Waals surface area contributed by atoms with Gasteiger partial charge in [-0.3, -0.25) is 34.7 Å². The molecule has 0 aliphatic rings. The van der Waals surface area contributed by atoms with Gasteiger partial charge in [0, 0.05) is 19.2 Å². The minimum atomic E-state index is -1.32. The van der Waals surface area contributed by atoms with E-state index in [0.717, 1.165) is 55.7 Å². The van der Waals surface area contributed by atoms with Crippen molar-refractivity contribution >= 4 is 61.9 Å². The molecule has 4 rings (SSSR count). The van der Waals surface area contributed by atoms with Crippen molar-refractivity contribution in [3.8, 4) is 0 Å². The van der Waals surface area contributed by atoms with Crippen LogP contribution in [0.2, 0.25) is 0 Å². The van der Waals surface area contributed by atoms with E-state index in [0.29, 0.717) is 30.8 Å². The summed E-state index contributed by atoms with van der Waals surface area (Å²) in [6.45, 7) is 6.71. The summed E-state index contributed by atoms with van der Waals surface area (Å²) in [6, 6.07) is 11.0. The minimum Gasteiger partial charge on any atom is -0.385 e. The number of hydrogen-bond donors (Lipinski definition) is 6. The third-order valence-corrected chi connectivity index (χ3v) is 8.86. The van der Waals surface area contributed by atoms with Crippen LogP contribution in [0.4, 0.5) is 46.1 Å². The van der Waals surface area contributed by atoms with Gasteiger partial charge in [0.1, 0.15) is 11.5 Å². The third-order valence-electron chi connectivity index (χ3n) is 7.83. The first kappa shape index (κ1) is 41.2. The molecule has 0 atom stereocenters. The number of hydrogen-bond acceptors (Lipinski definition) is 11. The number of nitro groups is 1. The number of amides is 3. The van der Waals surface area contributed by atoms with Gasteiger partial charge in [-0.15, -0.1) is 0 Å². The molecule has 0 unspecified atom stereocenters. The number of anilines is 5. The van der Waals surface area contributed by atoms with Crippen LogP contribution in [0.5, 0.6) is 0 Å². The summed E-state index contributed by atoms with van der Waals surface area (Å²) < 4.78 is 42.9. The topological polar surface area (TPSA) is 189 Å². The second-order valence-electron chi connectivity index (χ2n) is 12.2. The first-order valence-corrected chi connectivity index (χ1v) is 17.9. The molecule has 3 amide bonds. The number of carbonyl (C=O) groups is 3. The summed E-state index contributed by atoms with van der Waals surface area (Å²) in [5.74, 6) is -4.96. The van der Waals surface area contributed by atoms with Crippen molar-refractivity contribution in [1.29, 1.82) is 0 Å². The zero-order valence-electron chi connectivity index (χ0n) is 29.9. The molecule has 3 aromatic carbocycles. The number of aryl methyl sites for hydroxylation is 2. The standard InChI is InChI=1S/C36H41F3N8O6S/c1-21-9-14-29(28(38)19-21)44-32-26(12-13-27(37)31(32)39)34(50)46-53-18-8-16-40-15-6-4-5-7-17-41-24-10-11-25(30(20-24)43-23(3)48)33(49)45-36-42-22(2)35(54-36)47(51)52/h9-14,19-20,40-41,44H,4-8,15-18H2,1-3H3,(H,43,48)(H,46,50)(H,42,45,49). The van der Waals surface area contributed by atoms with Crippen LogP contribution in [-0.2, 0) is 9.63 Å². The van der Waals surface area contributed by atoms with Gasteiger partial charge >= 0.3 is 5.00 Å². The van der Waals surface area contributed by atoms with Gasteiger partial charge in [0.05, 0.1) is 39.7 Å². The molecular formula is C36H41F3N8O6S. The quantitative estimate of drug-likeness (QED) is 0.0301. The Hall–Kier alpha value is -5.59. The Balaban J connectivity index is 1.10. The molecule has 0 bridgehead atoms. The lowest BCUT2D eigenvalue weighted by Gasteiger charge is -2.14. The van der Waals surface area contributed by atoms with Gasteiger partial charge in [-0.1, -0.05) is 18.9 Å². The zero-order chi connectivity index (χ0) is 39.2. The molecule has 1 aromatic heterocycles. The Morgan fingerprint density at radius 3 is 2.26 bits per heavy atom. The van der Waals surface area contributed by atoms with Gasteiger partial charge in [0.2, 0.25) is 5.91 Å². The van der Waals surface area contributed by atoms with Crippen LogP contribution < -0.4 is 32.1 Å². The van der Waals surface area contributed by atoms with Crippen molar-refractivity contribution in [3.05, 3.63) is 98.5 Å². The van der Waals surface area contributed by atoms with Gasteiger partial charge in [-0.25, -0.2) is 23.6 Å². The largest absolute Gasteiger partial charge is 0.385 e. The first-order valence-electron chi connectivity index (χ1n) is 17.1. The lowest BCUT2D eigenvalue weighted by molar-refractivity contribution is -0.380. The second-order valence-corrected chi connectivity index (χ2v) is 13.2. The number of rotatable bonds is 20. The molecular weight excluding hydrogens is 730 g/mol. The van der Waals surface area contributed by atoms with Gasteiger partial charge < -0.3 is 21.3 Å². The first-order chi connectivity index (χ1) is 25.8. The van der Waals surface area contributed by atoms with Crippen LogP contribution in [0.3, 0.4) is 0 Å². The number of hydroxylamine groups is 1. The average molecular weight is 771 g/mol. The molecule has 0 aliphatic heterocycles. The molecule has 288 valence electrons. The SMILES string of the molecule is CC(=O)Nc1cc(NCCCCCCNCCCONC(=O)c2ccc(F)c(F)c2Nc2ccc(C)cc2F)ccc1C(=O)Nc1nc(C)c([N+](=O)[O-])s1. The highest BCUT2D eigenvalue weighted by Crippen LogP contribution is 2.31. The summed E-state index contributed by atoms with van der Waals surface area (Å²) in [5.41, 5.74) is 3.34. The van der Waals surface area contributed by atoms with E-state index >= 15 is 0 Å². The number of carbonyl (C=O) groups excluding carboxylic acids is 3. The monoisotopic (exact) mass is 770 g/mol. The molecule has 0 aliphatic carbocycles. The maximum absolute atomic E-state index is 14.6. The van der Waals surface area contributed by atoms with Crippen LogP contribution in [-0.4, -0.2) is 53.9 Å². The Morgan fingerprint density at radius 2 is 1.56 bits per heavy atom. The smallest absolute Gasteiger partial charge is 0.348 e. The number of halogens is 3. The summed E-state index contributed by atoms with van der Waals surface area (Å²) >= 11 is 0.751. The Labute approximate surface area is 313 Å². The molecule has 1 heterocycles. The number of benzene rings is 3. The highest BCUT2D eigenvalue weighted by atomic mass is 32.1. The highest BCUT2D eigenvalue weighted by molar-refractivity contribution is 7.19. The normalized spacial score (nSPS) is 10.9. The molecule has 0 radical (unpaired) electrons. The van der Waals surface area contributed by atoms with Gasteiger partial charge in [0.25, 0.3) is 11.8 Å². The summed E-state index contributed by atoms with van der Waals surface area (Å²) in [7, 11) is 0. The van der Waals surface area contributed by atoms with E-state index < -0.39 is 39.9 Å². The minimum absolute atomic E-state index is 0.0804. The van der Waals surface area contributed by atoms with Crippen LogP contribution in [0.1, 0.15) is 71.0 Å². The van der Waals surface area contributed by atoms with Crippen LogP contribution in [0, 0.1) is 41.4 Å². The summed E-state index contributed by atoms with van der Waals surface area (Å²) in [5, 5.41) is 25.3. The van der Waals surface area contributed by atoms with E-state index in [2.05, 4.69) is 37.0 Å². The molecule has 0 spiro atoms. The fraction of sp³-hybridized carbons (Fsp3) is 0.333. The maximum Gasteiger partial charge on any atom is 0.348 e. The van der Waals surface area contributed by atoms with Crippen LogP contribution in [0.25, 0.3) is 0 Å². The molecule has 0 saturated heterocycles. The fourth-order valence-corrected chi connectivity index (χ4v) is 5.94. The average Bonchev–Trinajstić information content (AvgIpc) is 3.49. The molecule has 0 fully saturated rings. The second kappa shape index (κ2) is 20.0. The van der Waals surface area contributed by atoms with Crippen molar-refractivity contribution in [1.82, 2.24) is 15.8 Å². The molecule has 0 saturated carbocycles. The zero-order valence-corrected chi connectivity index (χ0v) is 30.7. The lowest BCUT2D eigenvalue weighted by atomic mass is 10.1. The van der Waals surface area contributed by atoms with Gasteiger partial charge in [0.15, 0.2) is 16.8 Å². The Bertz CT molecular complexity index is 1980. The lowest BCUT2D eigenvalue weighted by Crippen LogP contribution is -2.27. The van der Waals surface area contributed by atoms with E-state index in [1.165, 1.54) is 26.0 Å². The molecule has 6 N–H and O–H groups in total. The predicted octanol–water partition coefficient (Wildman–Crippen LogP) is 7.35. The summed E-state index contributed by atoms with van der Waals surface area (Å²) in [6.07, 6.45) is 4.31. The van der Waals surface area contributed by atoms with Crippen LogP contribution in [0.15, 0.2) is 48.5 Å². The van der Waals surface area contributed by atoms with Crippen molar-refractivity contribution in [2.45, 2.75) is 52.9 Å². The Morgan fingerprint density at radius 1 is 0.833 bits per heavy atom. The maximum atomic E-state index is 14.6. The van der Waals surface area contributed by atoms with Crippen molar-refractivity contribution in [3.63, 3.8) is 0 Å². The third kappa shape index (κ3) is 12.0. The molecule has 18 heteroatoms. The number of nitrogens with one attached hydrogen (secondary N) is 6. The molecule has 14 nitrogen and oxygen atoms in total. The van der Waals surface area contributed by atoms with Crippen molar-refractivity contribution < 1.29 is 37.3 Å². The van der Waals surface area contributed by atoms with Crippen molar-refractivity contribution in [2.24, 2.45) is 0 Å². The van der Waals surface area contributed by atoms with Crippen LogP contribution >= 0.6 is 11.3 Å². The van der Waals surface area contributed by atoms with Gasteiger partial charge in [-0.2, -0.15) is 0 Å². The van der Waals surface area contributed by atoms with E-state index in [9.17, 15) is 37.7 Å². The van der Waals surface area contributed by atoms with Crippen molar-refractivity contribution in [2.75, 3.05) is 47.5 Å². The van der Waals surface area contributed by atoms with E-state index in [1.807, 2.05) is 0 Å². The number of nitrogens with zero attached hydrogens (tertiary/aromatic N) is 2. The fourth-order valence-electron chi connectivity index (χ4n) is 5.17. The molecule has 4 aromatic rings. The number of thiazole rings is 1. The Kier molecular flexibility index (Phi) is 15.3. The number of aromatic nitrogens is 1. The molecule has 54 heavy (non-hydrogen) atoms. The number of unbranched alkanes of at least 4 members (excludes halogenated alkanes) is 3. The van der Waals surface area contributed by atoms with E-state index in [4.69, 9.17) is 4.84 Å². The van der Waals surface area contributed by atoms with Gasteiger partial charge in [-0.05, 0) is 106 Å². The highest BCUT2D eigenvalue weighted by Gasteiger charge is 2.22. The summed E-state index contributed by atoms with van der Waals surface area (Å²) in [4.78, 5) is 57.2. The van der Waals surface area contributed by atoms with E-state index in [1.54, 1.807) is 31.2 Å².